The van der Waals surface area contributed by atoms with Gasteiger partial charge in [0.2, 0.25) is 11.8 Å². The molecule has 202 valence electrons. The summed E-state index contributed by atoms with van der Waals surface area (Å²) in [6, 6.07) is 14.3. The maximum absolute atomic E-state index is 13.5. The molecule has 0 aliphatic heterocycles. The molecule has 2 amide bonds. The van der Waals surface area contributed by atoms with Gasteiger partial charge in [0.05, 0.1) is 5.69 Å². The number of anilines is 4. The maximum Gasteiger partial charge on any atom is 0.435 e. The molecule has 0 fully saturated rings. The van der Waals surface area contributed by atoms with Crippen LogP contribution in [0.5, 0.6) is 0 Å². The van der Waals surface area contributed by atoms with E-state index in [0.717, 1.165) is 17.7 Å². The molecule has 4 aromatic rings. The Labute approximate surface area is 226 Å². The van der Waals surface area contributed by atoms with Crippen LogP contribution in [0, 0.1) is 0 Å². The molecule has 1 aliphatic rings. The third kappa shape index (κ3) is 6.28. The van der Waals surface area contributed by atoms with Gasteiger partial charge in [-0.3, -0.25) is 14.3 Å². The summed E-state index contributed by atoms with van der Waals surface area (Å²) in [5.74, 6) is -0.602. The number of carbonyl (C=O) groups is 2. The van der Waals surface area contributed by atoms with Crippen molar-refractivity contribution in [3.05, 3.63) is 70.9 Å². The summed E-state index contributed by atoms with van der Waals surface area (Å²) in [4.78, 5) is 28.6. The number of nitrogens with zero attached hydrogens (tertiary/aromatic N) is 3. The first-order valence-electron chi connectivity index (χ1n) is 12.3. The summed E-state index contributed by atoms with van der Waals surface area (Å²) in [6.45, 7) is 1.15. The quantitative estimate of drug-likeness (QED) is 0.251. The van der Waals surface area contributed by atoms with E-state index < -0.39 is 17.8 Å². The molecule has 2 heterocycles. The summed E-state index contributed by atoms with van der Waals surface area (Å²) in [5.41, 5.74) is 3.29. The summed E-state index contributed by atoms with van der Waals surface area (Å²) in [6.07, 6.45) is -2.30. The van der Waals surface area contributed by atoms with Gasteiger partial charge < -0.3 is 16.0 Å². The number of amides is 2. The smallest absolute Gasteiger partial charge is 0.332 e. The second kappa shape index (κ2) is 10.9. The topological polar surface area (TPSA) is 101 Å². The molecule has 0 atom stereocenters. The third-order valence-electron chi connectivity index (χ3n) is 6.22. The predicted molar refractivity (Wildman–Crippen MR) is 144 cm³/mol. The summed E-state index contributed by atoms with van der Waals surface area (Å²) in [7, 11) is 0. The number of thiazole rings is 1. The van der Waals surface area contributed by atoms with Crippen LogP contribution in [0.3, 0.4) is 0 Å². The van der Waals surface area contributed by atoms with Crippen LogP contribution in [0.4, 0.5) is 35.4 Å². The third-order valence-corrected chi connectivity index (χ3v) is 6.98. The molecule has 0 saturated heterocycles. The zero-order valence-electron chi connectivity index (χ0n) is 20.9. The standard InChI is InChI=1S/C27H25F3N6O2S/c1-16(37)31-18-9-11-19(12-10-18)33-26-34-22(15-39-26)17-5-4-6-20(13-17)32-24(38)14-36-23-8-3-2-7-21(23)25(35-36)27(28,29)30/h4-6,9-13,15H,2-3,7-8,14H2,1H3,(H,31,37)(H,32,38)(H,33,34). The van der Waals surface area contributed by atoms with Crippen LogP contribution in [0.15, 0.2) is 53.9 Å². The molecule has 2 aromatic carbocycles. The maximum atomic E-state index is 13.5. The number of nitrogens with one attached hydrogen (secondary N) is 3. The van der Waals surface area contributed by atoms with Gasteiger partial charge in [0.15, 0.2) is 10.8 Å². The van der Waals surface area contributed by atoms with Crippen molar-refractivity contribution in [2.45, 2.75) is 45.3 Å². The molecular formula is C27H25F3N6O2S. The van der Waals surface area contributed by atoms with E-state index in [1.807, 2.05) is 23.6 Å². The van der Waals surface area contributed by atoms with Crippen molar-refractivity contribution in [1.82, 2.24) is 14.8 Å². The minimum Gasteiger partial charge on any atom is -0.332 e. The van der Waals surface area contributed by atoms with Gasteiger partial charge in [0, 0.05) is 46.2 Å². The first-order chi connectivity index (χ1) is 18.7. The van der Waals surface area contributed by atoms with E-state index in [-0.39, 0.29) is 18.0 Å². The SMILES string of the molecule is CC(=O)Nc1ccc(Nc2nc(-c3cccc(NC(=O)Cn4nc(C(F)(F)F)c5c4CCCC5)c3)cs2)cc1. The fraction of sp³-hybridized carbons (Fsp3) is 0.259. The average molecular weight is 555 g/mol. The van der Waals surface area contributed by atoms with Crippen LogP contribution in [0.25, 0.3) is 11.3 Å². The number of hydrogen-bond acceptors (Lipinski definition) is 6. The Morgan fingerprint density at radius 1 is 1.00 bits per heavy atom. The molecular weight excluding hydrogens is 529 g/mol. The molecule has 5 rings (SSSR count). The fourth-order valence-electron chi connectivity index (χ4n) is 4.55. The lowest BCUT2D eigenvalue weighted by atomic mass is 9.95. The zero-order chi connectivity index (χ0) is 27.6. The molecule has 0 saturated carbocycles. The van der Waals surface area contributed by atoms with Crippen molar-refractivity contribution in [2.75, 3.05) is 16.0 Å². The molecule has 0 unspecified atom stereocenters. The lowest BCUT2D eigenvalue weighted by Crippen LogP contribution is -2.21. The van der Waals surface area contributed by atoms with Gasteiger partial charge in [-0.1, -0.05) is 12.1 Å². The van der Waals surface area contributed by atoms with Gasteiger partial charge in [-0.15, -0.1) is 11.3 Å². The Kier molecular flexibility index (Phi) is 7.38. The molecule has 3 N–H and O–H groups in total. The number of benzene rings is 2. The minimum atomic E-state index is -4.55. The Morgan fingerprint density at radius 3 is 2.49 bits per heavy atom. The summed E-state index contributed by atoms with van der Waals surface area (Å²) in [5, 5.41) is 15.0. The van der Waals surface area contributed by atoms with Gasteiger partial charge in [0.1, 0.15) is 6.54 Å². The van der Waals surface area contributed by atoms with Crippen LogP contribution in [0.2, 0.25) is 0 Å². The number of aromatic nitrogens is 3. The number of fused-ring (bicyclic) bond motifs is 1. The molecule has 2 aromatic heterocycles. The van der Waals surface area contributed by atoms with Crippen molar-refractivity contribution in [3.63, 3.8) is 0 Å². The van der Waals surface area contributed by atoms with Crippen LogP contribution in [-0.4, -0.2) is 26.6 Å². The Morgan fingerprint density at radius 2 is 1.74 bits per heavy atom. The largest absolute Gasteiger partial charge is 0.435 e. The molecule has 12 heteroatoms. The monoisotopic (exact) mass is 554 g/mol. The van der Waals surface area contributed by atoms with Crippen molar-refractivity contribution in [3.8, 4) is 11.3 Å². The second-order valence-electron chi connectivity index (χ2n) is 9.19. The van der Waals surface area contributed by atoms with E-state index >= 15 is 0 Å². The first-order valence-corrected chi connectivity index (χ1v) is 13.2. The molecule has 8 nitrogen and oxygen atoms in total. The van der Waals surface area contributed by atoms with E-state index in [0.29, 0.717) is 47.2 Å². The van der Waals surface area contributed by atoms with Gasteiger partial charge in [-0.05, 0) is 62.1 Å². The van der Waals surface area contributed by atoms with Gasteiger partial charge >= 0.3 is 6.18 Å². The van der Waals surface area contributed by atoms with E-state index in [4.69, 9.17) is 0 Å². The summed E-state index contributed by atoms with van der Waals surface area (Å²) < 4.78 is 41.6. The Hall–Kier alpha value is -4.19. The molecule has 0 radical (unpaired) electrons. The number of hydrogen-bond donors (Lipinski definition) is 3. The highest BCUT2D eigenvalue weighted by molar-refractivity contribution is 7.14. The van der Waals surface area contributed by atoms with E-state index in [1.54, 1.807) is 30.3 Å². The highest BCUT2D eigenvalue weighted by atomic mass is 32.1. The van der Waals surface area contributed by atoms with Crippen molar-refractivity contribution in [1.29, 1.82) is 0 Å². The normalized spacial score (nSPS) is 13.0. The van der Waals surface area contributed by atoms with Crippen LogP contribution in [-0.2, 0) is 35.2 Å². The Bertz CT molecular complexity index is 1510. The van der Waals surface area contributed by atoms with E-state index in [2.05, 4.69) is 26.0 Å². The van der Waals surface area contributed by atoms with Crippen LogP contribution >= 0.6 is 11.3 Å². The lowest BCUT2D eigenvalue weighted by molar-refractivity contribution is -0.142. The highest BCUT2D eigenvalue weighted by Crippen LogP contribution is 2.36. The van der Waals surface area contributed by atoms with Gasteiger partial charge in [-0.2, -0.15) is 18.3 Å². The van der Waals surface area contributed by atoms with Crippen LogP contribution in [0.1, 0.15) is 36.7 Å². The average Bonchev–Trinajstić information content (AvgIpc) is 3.50. The van der Waals surface area contributed by atoms with E-state index in [9.17, 15) is 22.8 Å². The molecule has 1 aliphatic carbocycles. The fourth-order valence-corrected chi connectivity index (χ4v) is 5.29. The molecule has 0 spiro atoms. The van der Waals surface area contributed by atoms with E-state index in [1.165, 1.54) is 22.9 Å². The number of carbonyl (C=O) groups excluding carboxylic acids is 2. The van der Waals surface area contributed by atoms with Gasteiger partial charge in [0.25, 0.3) is 0 Å². The van der Waals surface area contributed by atoms with Gasteiger partial charge in [-0.25, -0.2) is 4.98 Å². The summed E-state index contributed by atoms with van der Waals surface area (Å²) >= 11 is 1.41. The molecule has 0 bridgehead atoms. The van der Waals surface area contributed by atoms with Crippen molar-refractivity contribution in [2.24, 2.45) is 0 Å². The van der Waals surface area contributed by atoms with Crippen molar-refractivity contribution < 1.29 is 22.8 Å². The zero-order valence-corrected chi connectivity index (χ0v) is 21.7. The molecule has 39 heavy (non-hydrogen) atoms. The first kappa shape index (κ1) is 26.4. The van der Waals surface area contributed by atoms with Crippen molar-refractivity contribution >= 4 is 45.3 Å². The minimum absolute atomic E-state index is 0.144. The van der Waals surface area contributed by atoms with Crippen LogP contribution < -0.4 is 16.0 Å². The number of halogens is 3. The lowest BCUT2D eigenvalue weighted by Gasteiger charge is -2.14. The number of rotatable bonds is 7. The highest BCUT2D eigenvalue weighted by Gasteiger charge is 2.39. The Balaban J connectivity index is 1.25. The predicted octanol–water partition coefficient (Wildman–Crippen LogP) is 6.24. The second-order valence-corrected chi connectivity index (χ2v) is 10.0. The number of alkyl halides is 3.